The molecule has 0 radical (unpaired) electrons. The first-order chi connectivity index (χ1) is 16.0. The zero-order valence-electron chi connectivity index (χ0n) is 17.6. The van der Waals surface area contributed by atoms with E-state index in [4.69, 9.17) is 4.42 Å². The number of rotatable bonds is 6. The van der Waals surface area contributed by atoms with Gasteiger partial charge in [-0.1, -0.05) is 48.9 Å². The SMILES string of the molecule is O=C(O)[C@H]1CCC[C@@H]1C(=O)c1ccc(-c2ccccc2)c(Nc2nc3ccc(F)cc3o2)c1. The fraction of sp³-hybridized carbons (Fsp3) is 0.192. The van der Waals surface area contributed by atoms with Crippen LogP contribution in [0.25, 0.3) is 22.2 Å². The summed E-state index contributed by atoms with van der Waals surface area (Å²) >= 11 is 0. The summed E-state index contributed by atoms with van der Waals surface area (Å²) in [6.45, 7) is 0. The number of oxazole rings is 1. The summed E-state index contributed by atoms with van der Waals surface area (Å²) in [7, 11) is 0. The number of carbonyl (C=O) groups is 2. The number of ketones is 1. The van der Waals surface area contributed by atoms with Gasteiger partial charge < -0.3 is 14.8 Å². The Hall–Kier alpha value is -4.00. The molecule has 0 amide bonds. The van der Waals surface area contributed by atoms with E-state index in [2.05, 4.69) is 10.3 Å². The number of Topliss-reactive ketones (excluding diaryl/α,β-unsaturated/α-hetero) is 1. The summed E-state index contributed by atoms with van der Waals surface area (Å²) in [6.07, 6.45) is 1.80. The minimum Gasteiger partial charge on any atom is -0.481 e. The molecular weight excluding hydrogens is 423 g/mol. The van der Waals surface area contributed by atoms with Gasteiger partial charge in [0.15, 0.2) is 11.4 Å². The largest absolute Gasteiger partial charge is 0.481 e. The third kappa shape index (κ3) is 4.09. The first-order valence-electron chi connectivity index (χ1n) is 10.8. The van der Waals surface area contributed by atoms with Gasteiger partial charge in [-0.25, -0.2) is 4.39 Å². The highest BCUT2D eigenvalue weighted by atomic mass is 19.1. The molecule has 166 valence electrons. The van der Waals surface area contributed by atoms with E-state index in [0.717, 1.165) is 17.5 Å². The van der Waals surface area contributed by atoms with Crippen LogP contribution in [0.5, 0.6) is 0 Å². The Morgan fingerprint density at radius 1 is 1.00 bits per heavy atom. The summed E-state index contributed by atoms with van der Waals surface area (Å²) in [6, 6.07) is 19.2. The molecule has 0 unspecified atom stereocenters. The van der Waals surface area contributed by atoms with Gasteiger partial charge in [0.1, 0.15) is 11.3 Å². The molecule has 4 aromatic rings. The van der Waals surface area contributed by atoms with E-state index in [9.17, 15) is 19.1 Å². The van der Waals surface area contributed by atoms with Crippen LogP contribution < -0.4 is 5.32 Å². The van der Waals surface area contributed by atoms with Gasteiger partial charge >= 0.3 is 5.97 Å². The monoisotopic (exact) mass is 444 g/mol. The number of nitrogens with zero attached hydrogens (tertiary/aromatic N) is 1. The fourth-order valence-corrected chi connectivity index (χ4v) is 4.52. The van der Waals surface area contributed by atoms with Crippen molar-refractivity contribution < 1.29 is 23.5 Å². The predicted octanol–water partition coefficient (Wildman–Crippen LogP) is 6.06. The molecular formula is C26H21FN2O4. The molecule has 1 aromatic heterocycles. The van der Waals surface area contributed by atoms with E-state index in [1.807, 2.05) is 36.4 Å². The molecule has 0 bridgehead atoms. The van der Waals surface area contributed by atoms with Crippen LogP contribution in [0.3, 0.4) is 0 Å². The van der Waals surface area contributed by atoms with Crippen molar-refractivity contribution >= 4 is 34.6 Å². The molecule has 2 atom stereocenters. The smallest absolute Gasteiger partial charge is 0.307 e. The van der Waals surface area contributed by atoms with E-state index in [1.54, 1.807) is 12.1 Å². The first kappa shape index (κ1) is 20.9. The van der Waals surface area contributed by atoms with Gasteiger partial charge in [0.25, 0.3) is 6.01 Å². The van der Waals surface area contributed by atoms with Gasteiger partial charge in [0.05, 0.1) is 11.6 Å². The molecule has 7 heteroatoms. The Labute approximate surface area is 189 Å². The maximum Gasteiger partial charge on any atom is 0.307 e. The molecule has 3 aromatic carbocycles. The lowest BCUT2D eigenvalue weighted by Gasteiger charge is -2.17. The molecule has 0 aliphatic heterocycles. The van der Waals surface area contributed by atoms with Gasteiger partial charge in [-0.2, -0.15) is 4.98 Å². The van der Waals surface area contributed by atoms with Crippen molar-refractivity contribution in [1.82, 2.24) is 4.98 Å². The molecule has 1 aliphatic rings. The second-order valence-electron chi connectivity index (χ2n) is 8.23. The highest BCUT2D eigenvalue weighted by Crippen LogP contribution is 2.37. The molecule has 1 aliphatic carbocycles. The number of carboxylic acids is 1. The van der Waals surface area contributed by atoms with Crippen LogP contribution in [0.4, 0.5) is 16.1 Å². The predicted molar refractivity (Wildman–Crippen MR) is 122 cm³/mol. The molecule has 5 rings (SSSR count). The average Bonchev–Trinajstić information content (AvgIpc) is 3.46. The number of hydrogen-bond acceptors (Lipinski definition) is 5. The number of anilines is 2. The second-order valence-corrected chi connectivity index (χ2v) is 8.23. The van der Waals surface area contributed by atoms with Gasteiger partial charge in [-0.3, -0.25) is 9.59 Å². The van der Waals surface area contributed by atoms with Crippen molar-refractivity contribution in [3.63, 3.8) is 0 Å². The number of aliphatic carboxylic acids is 1. The Bertz CT molecular complexity index is 1350. The highest BCUT2D eigenvalue weighted by molar-refractivity contribution is 6.02. The van der Waals surface area contributed by atoms with Gasteiger partial charge in [0, 0.05) is 23.1 Å². The maximum absolute atomic E-state index is 13.5. The average molecular weight is 444 g/mol. The molecule has 0 saturated heterocycles. The molecule has 2 N–H and O–H groups in total. The second kappa shape index (κ2) is 8.50. The number of halogens is 1. The third-order valence-corrected chi connectivity index (χ3v) is 6.15. The summed E-state index contributed by atoms with van der Waals surface area (Å²) in [5.41, 5.74) is 3.57. The Morgan fingerprint density at radius 2 is 1.79 bits per heavy atom. The standard InChI is InChI=1S/C26H21FN2O4/c27-17-10-12-21-23(14-17)33-26(28-21)29-22-13-16(9-11-18(22)15-5-2-1-3-6-15)24(30)19-7-4-8-20(19)25(31)32/h1-3,5-6,9-14,19-20H,4,7-8H2,(H,28,29)(H,31,32)/t19-,20-/m0/s1. The van der Waals surface area contributed by atoms with Crippen molar-refractivity contribution in [3.8, 4) is 11.1 Å². The number of carboxylic acid groups (broad SMARTS) is 1. The fourth-order valence-electron chi connectivity index (χ4n) is 4.52. The number of nitrogens with one attached hydrogen (secondary N) is 1. The molecule has 1 heterocycles. The lowest BCUT2D eigenvalue weighted by Crippen LogP contribution is -2.25. The molecule has 1 saturated carbocycles. The van der Waals surface area contributed by atoms with Crippen LogP contribution >= 0.6 is 0 Å². The number of aromatic nitrogens is 1. The van der Waals surface area contributed by atoms with E-state index in [0.29, 0.717) is 35.2 Å². The lowest BCUT2D eigenvalue weighted by molar-refractivity contribution is -0.142. The quantitative estimate of drug-likeness (QED) is 0.351. The van der Waals surface area contributed by atoms with Crippen LogP contribution in [-0.4, -0.2) is 21.8 Å². The Balaban J connectivity index is 1.54. The summed E-state index contributed by atoms with van der Waals surface area (Å²) < 4.78 is 19.2. The maximum atomic E-state index is 13.5. The number of fused-ring (bicyclic) bond motifs is 1. The summed E-state index contributed by atoms with van der Waals surface area (Å²) in [5, 5.41) is 12.6. The zero-order valence-corrected chi connectivity index (χ0v) is 17.6. The van der Waals surface area contributed by atoms with Crippen LogP contribution in [0.1, 0.15) is 29.6 Å². The summed E-state index contributed by atoms with van der Waals surface area (Å²) in [4.78, 5) is 29.2. The molecule has 6 nitrogen and oxygen atoms in total. The van der Waals surface area contributed by atoms with Crippen LogP contribution in [0.15, 0.2) is 71.1 Å². The van der Waals surface area contributed by atoms with Crippen molar-refractivity contribution in [2.24, 2.45) is 11.8 Å². The van der Waals surface area contributed by atoms with Crippen molar-refractivity contribution in [2.45, 2.75) is 19.3 Å². The molecule has 0 spiro atoms. The highest BCUT2D eigenvalue weighted by Gasteiger charge is 2.38. The molecule has 33 heavy (non-hydrogen) atoms. The number of benzene rings is 3. The van der Waals surface area contributed by atoms with E-state index in [1.165, 1.54) is 18.2 Å². The zero-order chi connectivity index (χ0) is 22.9. The topological polar surface area (TPSA) is 92.4 Å². The lowest BCUT2D eigenvalue weighted by atomic mass is 9.87. The first-order valence-corrected chi connectivity index (χ1v) is 10.8. The minimum atomic E-state index is -0.927. The van der Waals surface area contributed by atoms with Crippen molar-refractivity contribution in [3.05, 3.63) is 78.1 Å². The Kier molecular flexibility index (Phi) is 5.38. The van der Waals surface area contributed by atoms with Crippen LogP contribution in [0, 0.1) is 17.7 Å². The van der Waals surface area contributed by atoms with Gasteiger partial charge in [0.2, 0.25) is 0 Å². The number of carbonyl (C=O) groups excluding carboxylic acids is 1. The van der Waals surface area contributed by atoms with Crippen molar-refractivity contribution in [1.29, 1.82) is 0 Å². The molecule has 1 fully saturated rings. The van der Waals surface area contributed by atoms with Crippen molar-refractivity contribution in [2.75, 3.05) is 5.32 Å². The Morgan fingerprint density at radius 3 is 2.58 bits per heavy atom. The third-order valence-electron chi connectivity index (χ3n) is 6.15. The van der Waals surface area contributed by atoms with E-state index >= 15 is 0 Å². The van der Waals surface area contributed by atoms with Crippen LogP contribution in [0.2, 0.25) is 0 Å². The van der Waals surface area contributed by atoms with Gasteiger partial charge in [-0.05, 0) is 36.6 Å². The van der Waals surface area contributed by atoms with Crippen LogP contribution in [-0.2, 0) is 4.79 Å². The van der Waals surface area contributed by atoms with E-state index < -0.39 is 23.6 Å². The minimum absolute atomic E-state index is 0.168. The number of hydrogen-bond donors (Lipinski definition) is 2. The van der Waals surface area contributed by atoms with E-state index in [-0.39, 0.29) is 11.8 Å². The normalized spacial score (nSPS) is 17.8. The van der Waals surface area contributed by atoms with Gasteiger partial charge in [-0.15, -0.1) is 0 Å². The summed E-state index contributed by atoms with van der Waals surface area (Å²) in [5.74, 6) is -2.72.